The highest BCUT2D eigenvalue weighted by Gasteiger charge is 1.98. The molecular formula is C19H21N5. The van der Waals surface area contributed by atoms with Gasteiger partial charge in [-0.05, 0) is 22.8 Å². The Balaban J connectivity index is 1.49. The molecule has 2 aromatic carbocycles. The Bertz CT molecular complexity index is 761. The van der Waals surface area contributed by atoms with Crippen LogP contribution in [0.5, 0.6) is 0 Å². The highest BCUT2D eigenvalue weighted by molar-refractivity contribution is 5.77. The van der Waals surface area contributed by atoms with Gasteiger partial charge in [0.05, 0.1) is 13.1 Å². The lowest BCUT2D eigenvalue weighted by molar-refractivity contribution is 0.686. The summed E-state index contributed by atoms with van der Waals surface area (Å²) in [5.74, 6) is 0.458. The Labute approximate surface area is 141 Å². The number of hydrogen-bond donors (Lipinski definition) is 2. The minimum absolute atomic E-state index is 0.458. The van der Waals surface area contributed by atoms with Crippen LogP contribution in [0.1, 0.15) is 16.7 Å². The molecule has 5 nitrogen and oxygen atoms in total. The zero-order valence-electron chi connectivity index (χ0n) is 13.5. The summed E-state index contributed by atoms with van der Waals surface area (Å²) < 4.78 is 1.90. The lowest BCUT2D eigenvalue weighted by atomic mass is 10.1. The third-order valence-corrected chi connectivity index (χ3v) is 3.68. The van der Waals surface area contributed by atoms with Crippen molar-refractivity contribution in [2.45, 2.75) is 19.6 Å². The molecule has 1 heterocycles. The normalized spacial score (nSPS) is 11.4. The van der Waals surface area contributed by atoms with Crippen molar-refractivity contribution in [1.29, 1.82) is 0 Å². The van der Waals surface area contributed by atoms with E-state index in [1.54, 1.807) is 6.20 Å². The molecule has 0 radical (unpaired) electrons. The van der Waals surface area contributed by atoms with E-state index in [0.717, 1.165) is 17.7 Å². The van der Waals surface area contributed by atoms with Crippen LogP contribution in [0, 0.1) is 0 Å². The standard InChI is InChI=1S/C19H21N5/c20-19(21-13-16-5-2-1-3-6-16)22-14-17-7-9-18(10-8-17)15-24-12-4-11-23-24/h1-12H,13-15H2,(H3,20,21,22). The summed E-state index contributed by atoms with van der Waals surface area (Å²) >= 11 is 0. The molecule has 0 spiro atoms. The van der Waals surface area contributed by atoms with Gasteiger partial charge in [-0.25, -0.2) is 4.99 Å². The van der Waals surface area contributed by atoms with E-state index in [-0.39, 0.29) is 0 Å². The van der Waals surface area contributed by atoms with Gasteiger partial charge >= 0.3 is 0 Å². The molecule has 5 heteroatoms. The van der Waals surface area contributed by atoms with Crippen LogP contribution >= 0.6 is 0 Å². The summed E-state index contributed by atoms with van der Waals surface area (Å²) in [7, 11) is 0. The molecule has 24 heavy (non-hydrogen) atoms. The first-order valence-electron chi connectivity index (χ1n) is 7.92. The number of nitrogens with zero attached hydrogens (tertiary/aromatic N) is 3. The lowest BCUT2D eigenvalue weighted by Crippen LogP contribution is -2.31. The van der Waals surface area contributed by atoms with E-state index in [0.29, 0.717) is 19.0 Å². The zero-order chi connectivity index (χ0) is 16.6. The largest absolute Gasteiger partial charge is 0.370 e. The van der Waals surface area contributed by atoms with Crippen LogP contribution in [-0.4, -0.2) is 15.7 Å². The number of nitrogens with two attached hydrogens (primary N) is 1. The van der Waals surface area contributed by atoms with E-state index in [4.69, 9.17) is 5.73 Å². The van der Waals surface area contributed by atoms with Gasteiger partial charge in [0, 0.05) is 18.9 Å². The average Bonchev–Trinajstić information content (AvgIpc) is 3.13. The van der Waals surface area contributed by atoms with Crippen molar-refractivity contribution >= 4 is 5.96 Å². The van der Waals surface area contributed by atoms with Crippen LogP contribution < -0.4 is 11.1 Å². The van der Waals surface area contributed by atoms with E-state index in [9.17, 15) is 0 Å². The minimum atomic E-state index is 0.458. The molecular weight excluding hydrogens is 298 g/mol. The van der Waals surface area contributed by atoms with Crippen LogP contribution in [0.15, 0.2) is 78.0 Å². The van der Waals surface area contributed by atoms with E-state index in [1.807, 2.05) is 47.3 Å². The molecule has 3 aromatic rings. The van der Waals surface area contributed by atoms with Gasteiger partial charge in [-0.2, -0.15) is 5.10 Å². The van der Waals surface area contributed by atoms with Gasteiger partial charge in [0.1, 0.15) is 0 Å². The number of benzene rings is 2. The highest BCUT2D eigenvalue weighted by atomic mass is 15.3. The van der Waals surface area contributed by atoms with E-state index in [1.165, 1.54) is 5.56 Å². The van der Waals surface area contributed by atoms with Crippen LogP contribution in [0.3, 0.4) is 0 Å². The summed E-state index contributed by atoms with van der Waals surface area (Å²) in [5.41, 5.74) is 9.44. The van der Waals surface area contributed by atoms with Crippen LogP contribution in [0.4, 0.5) is 0 Å². The first-order chi connectivity index (χ1) is 11.8. The molecule has 0 atom stereocenters. The molecule has 3 N–H and O–H groups in total. The first kappa shape index (κ1) is 15.8. The number of aliphatic imine (C=N–C) groups is 1. The molecule has 0 saturated heterocycles. The molecule has 0 amide bonds. The number of aromatic nitrogens is 2. The SMILES string of the molecule is NC(=NCc1ccccc1)NCc1ccc(Cn2cccn2)cc1. The third-order valence-electron chi connectivity index (χ3n) is 3.68. The third kappa shape index (κ3) is 4.71. The second kappa shape index (κ2) is 7.97. The zero-order valence-corrected chi connectivity index (χ0v) is 13.5. The smallest absolute Gasteiger partial charge is 0.189 e. The monoisotopic (exact) mass is 319 g/mol. The fraction of sp³-hybridized carbons (Fsp3) is 0.158. The van der Waals surface area contributed by atoms with Gasteiger partial charge in [0.15, 0.2) is 5.96 Å². The van der Waals surface area contributed by atoms with Crippen LogP contribution in [-0.2, 0) is 19.6 Å². The topological polar surface area (TPSA) is 68.2 Å². The van der Waals surface area contributed by atoms with Gasteiger partial charge in [-0.1, -0.05) is 54.6 Å². The van der Waals surface area contributed by atoms with E-state index >= 15 is 0 Å². The predicted octanol–water partition coefficient (Wildman–Crippen LogP) is 2.54. The molecule has 122 valence electrons. The highest BCUT2D eigenvalue weighted by Crippen LogP contribution is 2.06. The van der Waals surface area contributed by atoms with Crippen molar-refractivity contribution in [3.63, 3.8) is 0 Å². The maximum Gasteiger partial charge on any atom is 0.189 e. The lowest BCUT2D eigenvalue weighted by Gasteiger charge is -2.07. The summed E-state index contributed by atoms with van der Waals surface area (Å²) in [6, 6.07) is 20.4. The predicted molar refractivity (Wildman–Crippen MR) is 96.4 cm³/mol. The van der Waals surface area contributed by atoms with Gasteiger partial charge in [0.25, 0.3) is 0 Å². The molecule has 0 aliphatic carbocycles. The van der Waals surface area contributed by atoms with Crippen molar-refractivity contribution in [2.75, 3.05) is 0 Å². The molecule has 0 saturated carbocycles. The maximum atomic E-state index is 5.92. The Morgan fingerprint density at radius 3 is 2.42 bits per heavy atom. The number of hydrogen-bond acceptors (Lipinski definition) is 2. The van der Waals surface area contributed by atoms with Gasteiger partial charge in [-0.3, -0.25) is 4.68 Å². The van der Waals surface area contributed by atoms with Crippen LogP contribution in [0.2, 0.25) is 0 Å². The summed E-state index contributed by atoms with van der Waals surface area (Å²) in [4.78, 5) is 4.35. The van der Waals surface area contributed by atoms with Gasteiger partial charge < -0.3 is 11.1 Å². The summed E-state index contributed by atoms with van der Waals surface area (Å²) in [5, 5.41) is 7.36. The van der Waals surface area contributed by atoms with E-state index < -0.39 is 0 Å². The molecule has 3 rings (SSSR count). The van der Waals surface area contributed by atoms with Gasteiger partial charge in [0.2, 0.25) is 0 Å². The number of nitrogens with one attached hydrogen (secondary N) is 1. The Kier molecular flexibility index (Phi) is 5.24. The number of guanidine groups is 1. The molecule has 1 aromatic heterocycles. The van der Waals surface area contributed by atoms with E-state index in [2.05, 4.69) is 39.7 Å². The Morgan fingerprint density at radius 1 is 0.958 bits per heavy atom. The fourth-order valence-electron chi connectivity index (χ4n) is 2.35. The van der Waals surface area contributed by atoms with Crippen molar-refractivity contribution in [3.05, 3.63) is 89.7 Å². The fourth-order valence-corrected chi connectivity index (χ4v) is 2.35. The molecule has 0 unspecified atom stereocenters. The summed E-state index contributed by atoms with van der Waals surface area (Å²) in [6.07, 6.45) is 3.75. The molecule has 0 aliphatic heterocycles. The van der Waals surface area contributed by atoms with Crippen molar-refractivity contribution < 1.29 is 0 Å². The Morgan fingerprint density at radius 2 is 1.71 bits per heavy atom. The minimum Gasteiger partial charge on any atom is -0.370 e. The first-order valence-corrected chi connectivity index (χ1v) is 7.92. The van der Waals surface area contributed by atoms with Crippen molar-refractivity contribution in [2.24, 2.45) is 10.7 Å². The second-order valence-corrected chi connectivity index (χ2v) is 5.56. The molecule has 0 aliphatic rings. The summed E-state index contributed by atoms with van der Waals surface area (Å²) in [6.45, 7) is 2.02. The maximum absolute atomic E-state index is 5.92. The van der Waals surface area contributed by atoms with Crippen molar-refractivity contribution in [3.8, 4) is 0 Å². The number of rotatable bonds is 6. The van der Waals surface area contributed by atoms with Crippen molar-refractivity contribution in [1.82, 2.24) is 15.1 Å². The quantitative estimate of drug-likeness (QED) is 0.542. The van der Waals surface area contributed by atoms with Gasteiger partial charge in [-0.15, -0.1) is 0 Å². The average molecular weight is 319 g/mol. The molecule has 0 fully saturated rings. The van der Waals surface area contributed by atoms with Crippen LogP contribution in [0.25, 0.3) is 0 Å². The Hall–Kier alpha value is -3.08. The second-order valence-electron chi connectivity index (χ2n) is 5.56. The molecule has 0 bridgehead atoms.